The van der Waals surface area contributed by atoms with Crippen molar-refractivity contribution >= 4 is 18.0 Å². The van der Waals surface area contributed by atoms with Crippen molar-refractivity contribution in [3.8, 4) is 0 Å². The molecule has 0 saturated carbocycles. The number of esters is 2. The van der Waals surface area contributed by atoms with Gasteiger partial charge in [0, 0.05) is 12.4 Å². The van der Waals surface area contributed by atoms with Crippen LogP contribution in [0.3, 0.4) is 0 Å². The third-order valence-electron chi connectivity index (χ3n) is 3.39. The van der Waals surface area contributed by atoms with Gasteiger partial charge < -0.3 is 20.1 Å². The van der Waals surface area contributed by atoms with Crippen LogP contribution in [0.15, 0.2) is 35.8 Å². The standard InChI is InChI=1S/C16H19N3O5/c1-3-11-13(15(21)23-4-2)12(19-16(22)18-11)9-24-14(20)10-6-5-7-17-8-10/h5-8,11H,3-4,9H2,1-2H3,(H2,18,19,22)/t11-/m1/s1. The minimum atomic E-state index is -0.598. The summed E-state index contributed by atoms with van der Waals surface area (Å²) >= 11 is 0. The third kappa shape index (κ3) is 4.09. The quantitative estimate of drug-likeness (QED) is 0.756. The number of aromatic nitrogens is 1. The molecule has 1 atom stereocenters. The lowest BCUT2D eigenvalue weighted by atomic mass is 10.0. The van der Waals surface area contributed by atoms with Gasteiger partial charge in [0.1, 0.15) is 6.61 Å². The Morgan fingerprint density at radius 1 is 1.25 bits per heavy atom. The van der Waals surface area contributed by atoms with E-state index in [-0.39, 0.29) is 30.0 Å². The zero-order valence-electron chi connectivity index (χ0n) is 13.5. The first-order chi connectivity index (χ1) is 11.6. The van der Waals surface area contributed by atoms with Gasteiger partial charge in [0.05, 0.1) is 29.5 Å². The Morgan fingerprint density at radius 2 is 2.04 bits per heavy atom. The second-order valence-electron chi connectivity index (χ2n) is 4.99. The zero-order chi connectivity index (χ0) is 17.5. The molecule has 0 unspecified atom stereocenters. The molecule has 0 bridgehead atoms. The van der Waals surface area contributed by atoms with Gasteiger partial charge in [0.2, 0.25) is 0 Å². The lowest BCUT2D eigenvalue weighted by Gasteiger charge is -2.28. The maximum Gasteiger partial charge on any atom is 0.340 e. The van der Waals surface area contributed by atoms with Crippen molar-refractivity contribution in [1.29, 1.82) is 0 Å². The van der Waals surface area contributed by atoms with Crippen LogP contribution in [0.1, 0.15) is 30.6 Å². The van der Waals surface area contributed by atoms with E-state index < -0.39 is 24.0 Å². The first kappa shape index (κ1) is 17.5. The molecule has 0 radical (unpaired) electrons. The van der Waals surface area contributed by atoms with E-state index in [9.17, 15) is 14.4 Å². The molecule has 1 aliphatic rings. The molecule has 2 heterocycles. The monoisotopic (exact) mass is 333 g/mol. The van der Waals surface area contributed by atoms with E-state index in [4.69, 9.17) is 9.47 Å². The van der Waals surface area contributed by atoms with Crippen molar-refractivity contribution in [3.63, 3.8) is 0 Å². The van der Waals surface area contributed by atoms with E-state index in [0.29, 0.717) is 6.42 Å². The van der Waals surface area contributed by atoms with Gasteiger partial charge in [-0.3, -0.25) is 4.98 Å². The number of hydrogen-bond donors (Lipinski definition) is 2. The summed E-state index contributed by atoms with van der Waals surface area (Å²) in [4.78, 5) is 39.7. The molecule has 2 amide bonds. The van der Waals surface area contributed by atoms with Crippen molar-refractivity contribution in [3.05, 3.63) is 41.4 Å². The molecule has 0 aromatic carbocycles. The summed E-state index contributed by atoms with van der Waals surface area (Å²) in [6.07, 6.45) is 3.41. The number of carbonyl (C=O) groups excluding carboxylic acids is 3. The van der Waals surface area contributed by atoms with E-state index in [1.54, 1.807) is 19.1 Å². The second kappa shape index (κ2) is 8.09. The number of urea groups is 1. The molecule has 128 valence electrons. The highest BCUT2D eigenvalue weighted by Crippen LogP contribution is 2.17. The molecule has 0 aliphatic carbocycles. The minimum absolute atomic E-state index is 0.204. The second-order valence-corrected chi connectivity index (χ2v) is 4.99. The van der Waals surface area contributed by atoms with Gasteiger partial charge in [0.25, 0.3) is 0 Å². The average molecular weight is 333 g/mol. The molecule has 0 spiro atoms. The molecule has 2 N–H and O–H groups in total. The van der Waals surface area contributed by atoms with Crippen LogP contribution >= 0.6 is 0 Å². The van der Waals surface area contributed by atoms with Gasteiger partial charge in [0.15, 0.2) is 0 Å². The molecule has 2 rings (SSSR count). The van der Waals surface area contributed by atoms with E-state index in [1.165, 1.54) is 12.4 Å². The number of nitrogens with one attached hydrogen (secondary N) is 2. The lowest BCUT2D eigenvalue weighted by Crippen LogP contribution is -2.51. The summed E-state index contributed by atoms with van der Waals surface area (Å²) in [5.41, 5.74) is 0.766. The van der Waals surface area contributed by atoms with E-state index >= 15 is 0 Å². The third-order valence-corrected chi connectivity index (χ3v) is 3.39. The van der Waals surface area contributed by atoms with Crippen molar-refractivity contribution in [2.75, 3.05) is 13.2 Å². The summed E-state index contributed by atoms with van der Waals surface area (Å²) in [6.45, 7) is 3.48. The Morgan fingerprint density at radius 3 is 2.67 bits per heavy atom. The zero-order valence-corrected chi connectivity index (χ0v) is 13.5. The molecular formula is C16H19N3O5. The largest absolute Gasteiger partial charge is 0.463 e. The summed E-state index contributed by atoms with van der Waals surface area (Å²) in [7, 11) is 0. The number of ether oxygens (including phenoxy) is 2. The smallest absolute Gasteiger partial charge is 0.340 e. The van der Waals surface area contributed by atoms with Gasteiger partial charge in [-0.25, -0.2) is 14.4 Å². The fraction of sp³-hybridized carbons (Fsp3) is 0.375. The van der Waals surface area contributed by atoms with Gasteiger partial charge in [-0.1, -0.05) is 6.92 Å². The fourth-order valence-corrected chi connectivity index (χ4v) is 2.28. The van der Waals surface area contributed by atoms with Crippen LogP contribution in [0.25, 0.3) is 0 Å². The van der Waals surface area contributed by atoms with Gasteiger partial charge in [-0.05, 0) is 25.5 Å². The number of carbonyl (C=O) groups is 3. The summed E-state index contributed by atoms with van der Waals surface area (Å²) in [5.74, 6) is -1.15. The number of rotatable bonds is 6. The number of amides is 2. The molecule has 1 aliphatic heterocycles. The highest BCUT2D eigenvalue weighted by Gasteiger charge is 2.32. The predicted octanol–water partition coefficient (Wildman–Crippen LogP) is 1.15. The van der Waals surface area contributed by atoms with Crippen molar-refractivity contribution in [1.82, 2.24) is 15.6 Å². The molecular weight excluding hydrogens is 314 g/mol. The minimum Gasteiger partial charge on any atom is -0.463 e. The molecule has 24 heavy (non-hydrogen) atoms. The Balaban J connectivity index is 2.19. The number of pyridine rings is 1. The summed E-state index contributed by atoms with van der Waals surface area (Å²) < 4.78 is 10.2. The van der Waals surface area contributed by atoms with Crippen LogP contribution in [0.2, 0.25) is 0 Å². The Bertz CT molecular complexity index is 657. The summed E-state index contributed by atoms with van der Waals surface area (Å²) in [6, 6.07) is 2.22. The highest BCUT2D eigenvalue weighted by molar-refractivity contribution is 5.95. The van der Waals surface area contributed by atoms with Crippen molar-refractivity contribution in [2.45, 2.75) is 26.3 Å². The molecule has 0 fully saturated rings. The van der Waals surface area contributed by atoms with Gasteiger partial charge in [-0.2, -0.15) is 0 Å². The van der Waals surface area contributed by atoms with Crippen LogP contribution < -0.4 is 10.6 Å². The highest BCUT2D eigenvalue weighted by atomic mass is 16.5. The number of hydrogen-bond acceptors (Lipinski definition) is 6. The average Bonchev–Trinajstić information content (AvgIpc) is 2.59. The van der Waals surface area contributed by atoms with Crippen LogP contribution in [0.4, 0.5) is 4.79 Å². The molecule has 0 saturated heterocycles. The Hall–Kier alpha value is -2.90. The number of nitrogens with zero attached hydrogens (tertiary/aromatic N) is 1. The first-order valence-corrected chi connectivity index (χ1v) is 7.61. The van der Waals surface area contributed by atoms with Crippen LogP contribution in [-0.2, 0) is 14.3 Å². The maximum absolute atomic E-state index is 12.2. The van der Waals surface area contributed by atoms with Gasteiger partial charge in [-0.15, -0.1) is 0 Å². The maximum atomic E-state index is 12.2. The topological polar surface area (TPSA) is 107 Å². The molecule has 8 nitrogen and oxygen atoms in total. The SMILES string of the molecule is CCOC(=O)C1=C(COC(=O)c2cccnc2)NC(=O)N[C@@H]1CC. The summed E-state index contributed by atoms with van der Waals surface area (Å²) in [5, 5.41) is 5.16. The first-order valence-electron chi connectivity index (χ1n) is 7.61. The lowest BCUT2D eigenvalue weighted by molar-refractivity contribution is -0.139. The van der Waals surface area contributed by atoms with E-state index in [0.717, 1.165) is 0 Å². The molecule has 8 heteroatoms. The van der Waals surface area contributed by atoms with Gasteiger partial charge >= 0.3 is 18.0 Å². The Labute approximate surface area is 139 Å². The van der Waals surface area contributed by atoms with Crippen molar-refractivity contribution in [2.24, 2.45) is 0 Å². The van der Waals surface area contributed by atoms with E-state index in [2.05, 4.69) is 15.6 Å². The molecule has 1 aromatic heterocycles. The van der Waals surface area contributed by atoms with Crippen LogP contribution in [0, 0.1) is 0 Å². The normalized spacial score (nSPS) is 16.9. The molecule has 1 aromatic rings. The van der Waals surface area contributed by atoms with E-state index in [1.807, 2.05) is 6.92 Å². The fourth-order valence-electron chi connectivity index (χ4n) is 2.28. The predicted molar refractivity (Wildman–Crippen MR) is 83.9 cm³/mol. The van der Waals surface area contributed by atoms with Crippen LogP contribution in [0.5, 0.6) is 0 Å². The van der Waals surface area contributed by atoms with Crippen molar-refractivity contribution < 1.29 is 23.9 Å². The van der Waals surface area contributed by atoms with Crippen LogP contribution in [-0.4, -0.2) is 42.2 Å². The Kier molecular flexibility index (Phi) is 5.89.